The number of anilines is 1. The number of nitrogens with zero attached hydrogens (tertiary/aromatic N) is 4. The zero-order valence-corrected chi connectivity index (χ0v) is 22.1. The maximum Gasteiger partial charge on any atom is 0.323 e. The smallest absolute Gasteiger partial charge is 0.307 e. The van der Waals surface area contributed by atoms with Crippen LogP contribution in [0.4, 0.5) is 10.5 Å². The minimum absolute atomic E-state index is 0.223. The van der Waals surface area contributed by atoms with E-state index in [9.17, 15) is 4.79 Å². The first-order valence-corrected chi connectivity index (χ1v) is 13.2. The van der Waals surface area contributed by atoms with Crippen LogP contribution >= 0.6 is 11.6 Å². The maximum absolute atomic E-state index is 14.1. The zero-order valence-electron chi connectivity index (χ0n) is 21.3. The van der Waals surface area contributed by atoms with Crippen molar-refractivity contribution in [2.75, 3.05) is 5.32 Å². The third-order valence-corrected chi connectivity index (χ3v) is 7.40. The topological polar surface area (TPSA) is 55.1 Å². The van der Waals surface area contributed by atoms with Crippen molar-refractivity contribution in [3.63, 3.8) is 0 Å². The van der Waals surface area contributed by atoms with Crippen LogP contribution in [-0.4, -0.2) is 25.3 Å². The van der Waals surface area contributed by atoms with E-state index < -0.39 is 0 Å². The monoisotopic (exact) mass is 521 g/mol. The molecule has 7 heteroatoms. The van der Waals surface area contributed by atoms with E-state index in [1.807, 2.05) is 52.0 Å². The van der Waals surface area contributed by atoms with Gasteiger partial charge in [0, 0.05) is 11.8 Å². The summed E-state index contributed by atoms with van der Waals surface area (Å²) in [5.74, 6) is 0.957. The number of urea groups is 1. The lowest BCUT2D eigenvalue weighted by Gasteiger charge is -2.31. The number of amides is 2. The molecule has 0 saturated heterocycles. The summed E-state index contributed by atoms with van der Waals surface area (Å²) >= 11 is 6.42. The molecular formula is C31H28ClN5O. The molecule has 3 heterocycles. The summed E-state index contributed by atoms with van der Waals surface area (Å²) in [6.45, 7) is 4.56. The number of aromatic nitrogens is 3. The zero-order chi connectivity index (χ0) is 26.2. The largest absolute Gasteiger partial charge is 0.323 e. The lowest BCUT2D eigenvalue weighted by Crippen LogP contribution is -2.38. The molecule has 3 aromatic carbocycles. The van der Waals surface area contributed by atoms with Gasteiger partial charge in [0.05, 0.1) is 40.4 Å². The number of carbonyl (C=O) groups is 1. The van der Waals surface area contributed by atoms with Gasteiger partial charge in [-0.3, -0.25) is 0 Å². The third kappa shape index (κ3) is 4.17. The Labute approximate surface area is 227 Å². The maximum atomic E-state index is 14.1. The lowest BCUT2D eigenvalue weighted by atomic mass is 10.0. The molecule has 190 valence electrons. The number of hydrogen-bond acceptors (Lipinski definition) is 2. The normalized spacial score (nSPS) is 14.5. The second-order valence-corrected chi connectivity index (χ2v) is 9.91. The Morgan fingerprint density at radius 3 is 2.45 bits per heavy atom. The van der Waals surface area contributed by atoms with Crippen molar-refractivity contribution in [3.8, 4) is 11.5 Å². The van der Waals surface area contributed by atoms with E-state index in [0.717, 1.165) is 40.4 Å². The van der Waals surface area contributed by atoms with Crippen molar-refractivity contribution in [1.82, 2.24) is 19.2 Å². The third-order valence-electron chi connectivity index (χ3n) is 7.07. The predicted octanol–water partition coefficient (Wildman–Crippen LogP) is 7.32. The quantitative estimate of drug-likeness (QED) is 0.269. The number of benzene rings is 3. The number of rotatable bonds is 4. The molecule has 1 aliphatic rings. The first-order valence-electron chi connectivity index (χ1n) is 12.8. The van der Waals surface area contributed by atoms with Crippen LogP contribution in [0.1, 0.15) is 41.0 Å². The van der Waals surface area contributed by atoms with E-state index >= 15 is 0 Å². The minimum Gasteiger partial charge on any atom is -0.307 e. The van der Waals surface area contributed by atoms with Crippen molar-refractivity contribution in [2.24, 2.45) is 0 Å². The Bertz CT molecular complexity index is 1600. The number of nitrogens with one attached hydrogen (secondary N) is 1. The van der Waals surface area contributed by atoms with Gasteiger partial charge in [-0.1, -0.05) is 78.7 Å². The number of aryl methyl sites for hydroxylation is 2. The second-order valence-electron chi connectivity index (χ2n) is 9.50. The highest BCUT2D eigenvalue weighted by atomic mass is 35.5. The summed E-state index contributed by atoms with van der Waals surface area (Å²) in [4.78, 5) is 16.0. The standard InChI is InChI=1S/C31H28ClN5O/c1-3-26-24-20-36(31(38)33-27-13-8-7-12-25(27)32)29(22-17-15-21(2)16-18-22)28-14-9-19-35(28)30(24)37(34-26)23-10-5-4-6-11-23/h4-19,29H,3,20H2,1-2H3,(H,33,38). The molecule has 1 atom stereocenters. The molecule has 2 amide bonds. The van der Waals surface area contributed by atoms with Crippen molar-refractivity contribution < 1.29 is 4.79 Å². The number of fused-ring (bicyclic) bond motifs is 3. The van der Waals surface area contributed by atoms with Crippen molar-refractivity contribution in [3.05, 3.63) is 130 Å². The predicted molar refractivity (Wildman–Crippen MR) is 151 cm³/mol. The van der Waals surface area contributed by atoms with Gasteiger partial charge in [0.1, 0.15) is 5.82 Å². The van der Waals surface area contributed by atoms with Gasteiger partial charge in [0.25, 0.3) is 0 Å². The van der Waals surface area contributed by atoms with Gasteiger partial charge in [0.15, 0.2) is 0 Å². The Kier molecular flexibility index (Phi) is 6.26. The fourth-order valence-electron chi connectivity index (χ4n) is 5.20. The molecule has 0 fully saturated rings. The fourth-order valence-corrected chi connectivity index (χ4v) is 5.38. The molecule has 1 N–H and O–H groups in total. The fraction of sp³-hybridized carbons (Fsp3) is 0.161. The highest BCUT2D eigenvalue weighted by Crippen LogP contribution is 2.39. The van der Waals surface area contributed by atoms with Crippen LogP contribution in [0.2, 0.25) is 5.02 Å². The van der Waals surface area contributed by atoms with Gasteiger partial charge in [-0.05, 0) is 55.3 Å². The molecule has 0 radical (unpaired) electrons. The summed E-state index contributed by atoms with van der Waals surface area (Å²) in [5.41, 5.74) is 6.73. The average Bonchev–Trinajstić information content (AvgIpc) is 3.52. The average molecular weight is 522 g/mol. The van der Waals surface area contributed by atoms with Crippen LogP contribution in [0.15, 0.2) is 97.2 Å². The highest BCUT2D eigenvalue weighted by molar-refractivity contribution is 6.33. The second kappa shape index (κ2) is 9.88. The SMILES string of the molecule is CCc1nn(-c2ccccc2)c2c1CN(C(=O)Nc1ccccc1Cl)C(c1ccc(C)cc1)c1cccn1-2. The summed E-state index contributed by atoms with van der Waals surface area (Å²) in [6, 6.07) is 29.4. The van der Waals surface area contributed by atoms with Crippen LogP contribution in [0.3, 0.4) is 0 Å². The lowest BCUT2D eigenvalue weighted by molar-refractivity contribution is 0.194. The Morgan fingerprint density at radius 1 is 0.974 bits per heavy atom. The van der Waals surface area contributed by atoms with E-state index in [4.69, 9.17) is 16.7 Å². The number of carbonyl (C=O) groups excluding carboxylic acids is 1. The van der Waals surface area contributed by atoms with Crippen molar-refractivity contribution in [1.29, 1.82) is 0 Å². The Balaban J connectivity index is 1.56. The van der Waals surface area contributed by atoms with Crippen LogP contribution in [-0.2, 0) is 13.0 Å². The van der Waals surface area contributed by atoms with Crippen LogP contribution in [0.25, 0.3) is 11.5 Å². The van der Waals surface area contributed by atoms with Gasteiger partial charge >= 0.3 is 6.03 Å². The Hall–Kier alpha value is -4.29. The van der Waals surface area contributed by atoms with E-state index in [1.165, 1.54) is 5.56 Å². The van der Waals surface area contributed by atoms with Gasteiger partial charge in [0.2, 0.25) is 0 Å². The molecule has 0 aliphatic carbocycles. The summed E-state index contributed by atoms with van der Waals surface area (Å²) < 4.78 is 4.18. The number of para-hydroxylation sites is 2. The molecule has 1 aliphatic heterocycles. The van der Waals surface area contributed by atoms with Crippen LogP contribution in [0, 0.1) is 6.92 Å². The first-order chi connectivity index (χ1) is 18.5. The summed E-state index contributed by atoms with van der Waals surface area (Å²) in [5, 5.41) is 8.58. The highest BCUT2D eigenvalue weighted by Gasteiger charge is 2.36. The van der Waals surface area contributed by atoms with Gasteiger partial charge in [-0.25, -0.2) is 9.48 Å². The Morgan fingerprint density at radius 2 is 1.71 bits per heavy atom. The summed E-state index contributed by atoms with van der Waals surface area (Å²) in [6.07, 6.45) is 2.80. The molecule has 2 aromatic heterocycles. The molecule has 0 spiro atoms. The molecule has 38 heavy (non-hydrogen) atoms. The van der Waals surface area contributed by atoms with E-state index in [-0.39, 0.29) is 12.1 Å². The number of hydrogen-bond donors (Lipinski definition) is 1. The van der Waals surface area contributed by atoms with Crippen molar-refractivity contribution in [2.45, 2.75) is 32.9 Å². The number of halogens is 1. The first kappa shape index (κ1) is 24.1. The van der Waals surface area contributed by atoms with Gasteiger partial charge in [-0.2, -0.15) is 5.10 Å². The molecule has 0 saturated carbocycles. The molecular weight excluding hydrogens is 494 g/mol. The molecule has 6 rings (SSSR count). The molecule has 0 bridgehead atoms. The molecule has 6 nitrogen and oxygen atoms in total. The van der Waals surface area contributed by atoms with Crippen molar-refractivity contribution >= 4 is 23.3 Å². The van der Waals surface area contributed by atoms with Gasteiger partial charge < -0.3 is 14.8 Å². The van der Waals surface area contributed by atoms with E-state index in [1.54, 1.807) is 6.07 Å². The van der Waals surface area contributed by atoms with Crippen LogP contribution in [0.5, 0.6) is 0 Å². The van der Waals surface area contributed by atoms with E-state index in [0.29, 0.717) is 17.3 Å². The van der Waals surface area contributed by atoms with Crippen LogP contribution < -0.4 is 5.32 Å². The summed E-state index contributed by atoms with van der Waals surface area (Å²) in [7, 11) is 0. The van der Waals surface area contributed by atoms with E-state index in [2.05, 4.69) is 72.4 Å². The molecule has 1 unspecified atom stereocenters. The van der Waals surface area contributed by atoms with Gasteiger partial charge in [-0.15, -0.1) is 0 Å². The molecule has 5 aromatic rings. The minimum atomic E-state index is -0.325.